The Morgan fingerprint density at radius 2 is 1.75 bits per heavy atom. The first kappa shape index (κ1) is 28.5. The van der Waals surface area contributed by atoms with E-state index in [-0.39, 0.29) is 11.7 Å². The smallest absolute Gasteiger partial charge is 0.268 e. The van der Waals surface area contributed by atoms with E-state index in [4.69, 9.17) is 9.90 Å². The number of aliphatic carboxylic acids is 1. The summed E-state index contributed by atoms with van der Waals surface area (Å²) in [6.45, 7) is 3.48. The van der Waals surface area contributed by atoms with Crippen LogP contribution in [0.15, 0.2) is 77.8 Å². The third kappa shape index (κ3) is 7.12. The minimum Gasteiger partial charge on any atom is -0.550 e. The standard InChI is InChI=1S/C29H30FN5O.C2H4O2/c1-35(2,3)25-10-7-20(8-11-25)18-33-29(36)27-17-23-16-24(30)9-12-26(23)34(27)19-21-5-4-6-22(15-21)28-31-13-14-32-28;1-2(3)4/h4-12,15-17H,13-14,18-19H2,1-3H3,(H-,31,32,33,36);1H3,(H,3,4). The summed E-state index contributed by atoms with van der Waals surface area (Å²) >= 11 is 0. The van der Waals surface area contributed by atoms with Gasteiger partial charge in [0.25, 0.3) is 5.91 Å². The van der Waals surface area contributed by atoms with Gasteiger partial charge in [0.05, 0.1) is 27.7 Å². The van der Waals surface area contributed by atoms with Crippen molar-refractivity contribution in [2.45, 2.75) is 20.0 Å². The molecule has 1 aliphatic heterocycles. The van der Waals surface area contributed by atoms with Gasteiger partial charge in [-0.1, -0.05) is 30.3 Å². The molecule has 0 atom stereocenters. The topological polar surface area (TPSA) is 98.5 Å². The highest BCUT2D eigenvalue weighted by Gasteiger charge is 2.18. The predicted octanol–water partition coefficient (Wildman–Crippen LogP) is 3.06. The van der Waals surface area contributed by atoms with Gasteiger partial charge in [-0.2, -0.15) is 0 Å². The second-order valence-electron chi connectivity index (χ2n) is 10.5. The highest BCUT2D eigenvalue weighted by atomic mass is 19.1. The number of aliphatic imine (C=N–C) groups is 1. The number of carboxylic acid groups (broad SMARTS) is 1. The maximum absolute atomic E-state index is 14.0. The fourth-order valence-electron chi connectivity index (χ4n) is 4.52. The van der Waals surface area contributed by atoms with E-state index in [9.17, 15) is 9.18 Å². The van der Waals surface area contributed by atoms with Crippen molar-refractivity contribution in [3.05, 3.63) is 101 Å². The molecule has 0 radical (unpaired) electrons. The molecular formula is C31H34FN5O3. The number of halogens is 1. The number of carbonyl (C=O) groups excluding carboxylic acids is 2. The molecule has 9 heteroatoms. The van der Waals surface area contributed by atoms with Crippen LogP contribution >= 0.6 is 0 Å². The van der Waals surface area contributed by atoms with Gasteiger partial charge in [0.1, 0.15) is 23.0 Å². The van der Waals surface area contributed by atoms with E-state index in [2.05, 4.69) is 55.0 Å². The second-order valence-corrected chi connectivity index (χ2v) is 10.5. The molecular weight excluding hydrogens is 509 g/mol. The van der Waals surface area contributed by atoms with Gasteiger partial charge in [0.2, 0.25) is 0 Å². The molecule has 0 aliphatic carbocycles. The first-order valence-electron chi connectivity index (χ1n) is 13.0. The Kier molecular flexibility index (Phi) is 8.64. The monoisotopic (exact) mass is 543 g/mol. The summed E-state index contributed by atoms with van der Waals surface area (Å²) < 4.78 is 16.7. The lowest BCUT2D eigenvalue weighted by Crippen LogP contribution is -2.34. The Hall–Kier alpha value is -4.50. The molecule has 1 aromatic heterocycles. The molecule has 0 fully saturated rings. The van der Waals surface area contributed by atoms with E-state index in [1.165, 1.54) is 17.8 Å². The number of fused-ring (bicyclic) bond motifs is 1. The maximum atomic E-state index is 14.0. The number of benzene rings is 3. The zero-order chi connectivity index (χ0) is 28.9. The van der Waals surface area contributed by atoms with Crippen LogP contribution in [0.5, 0.6) is 0 Å². The third-order valence-electron chi connectivity index (χ3n) is 6.48. The Labute approximate surface area is 233 Å². The maximum Gasteiger partial charge on any atom is 0.268 e. The van der Waals surface area contributed by atoms with Gasteiger partial charge in [-0.15, -0.1) is 0 Å². The summed E-state index contributed by atoms with van der Waals surface area (Å²) in [6, 6.07) is 22.8. The van der Waals surface area contributed by atoms with Crippen molar-refractivity contribution in [2.75, 3.05) is 34.2 Å². The van der Waals surface area contributed by atoms with Gasteiger partial charge in [0, 0.05) is 42.1 Å². The van der Waals surface area contributed by atoms with Crippen LogP contribution in [-0.2, 0) is 17.9 Å². The number of amides is 1. The zero-order valence-corrected chi connectivity index (χ0v) is 23.2. The molecule has 40 heavy (non-hydrogen) atoms. The van der Waals surface area contributed by atoms with Gasteiger partial charge in [0.15, 0.2) is 0 Å². The van der Waals surface area contributed by atoms with Crippen molar-refractivity contribution >= 4 is 34.3 Å². The largest absolute Gasteiger partial charge is 0.550 e. The first-order valence-corrected chi connectivity index (χ1v) is 13.0. The average Bonchev–Trinajstić information content (AvgIpc) is 3.56. The van der Waals surface area contributed by atoms with E-state index in [1.54, 1.807) is 12.1 Å². The summed E-state index contributed by atoms with van der Waals surface area (Å²) in [7, 11) is 6.35. The highest BCUT2D eigenvalue weighted by Crippen LogP contribution is 2.24. The SMILES string of the molecule is CC(=O)[O-].C[N+](C)(C)c1ccc(CNC(=O)c2cc3cc(F)ccc3n2Cc2cccc(C3=NCCN3)c2)cc1. The van der Waals surface area contributed by atoms with E-state index in [0.717, 1.165) is 52.5 Å². The van der Waals surface area contributed by atoms with Crippen molar-refractivity contribution in [3.63, 3.8) is 0 Å². The lowest BCUT2D eigenvalue weighted by molar-refractivity contribution is -0.302. The van der Waals surface area contributed by atoms with Crippen LogP contribution in [0.4, 0.5) is 10.1 Å². The Balaban J connectivity index is 0.000000867. The number of carboxylic acids is 1. The van der Waals surface area contributed by atoms with E-state index >= 15 is 0 Å². The quantitative estimate of drug-likeness (QED) is 0.350. The lowest BCUT2D eigenvalue weighted by Gasteiger charge is -2.23. The summed E-state index contributed by atoms with van der Waals surface area (Å²) in [4.78, 5) is 26.7. The molecule has 0 spiro atoms. The van der Waals surface area contributed by atoms with Crippen molar-refractivity contribution < 1.29 is 19.1 Å². The third-order valence-corrected chi connectivity index (χ3v) is 6.48. The number of rotatable bonds is 7. The number of hydrogen-bond acceptors (Lipinski definition) is 5. The lowest BCUT2D eigenvalue weighted by atomic mass is 10.1. The summed E-state index contributed by atoms with van der Waals surface area (Å²) in [5.41, 5.74) is 5.59. The minimum absolute atomic E-state index is 0.194. The van der Waals surface area contributed by atoms with Crippen LogP contribution < -0.4 is 20.2 Å². The van der Waals surface area contributed by atoms with Crippen molar-refractivity contribution in [3.8, 4) is 0 Å². The number of hydrogen-bond donors (Lipinski definition) is 2. The summed E-state index contributed by atoms with van der Waals surface area (Å²) in [5.74, 6) is -0.706. The van der Waals surface area contributed by atoms with E-state index in [1.807, 2.05) is 34.9 Å². The Bertz CT molecular complexity index is 1550. The molecule has 1 aliphatic rings. The molecule has 0 saturated heterocycles. The zero-order valence-electron chi connectivity index (χ0n) is 23.2. The number of quaternary nitrogens is 1. The molecule has 3 aromatic carbocycles. The Morgan fingerprint density at radius 1 is 1.02 bits per heavy atom. The first-order chi connectivity index (χ1) is 19.0. The number of aromatic nitrogens is 1. The van der Waals surface area contributed by atoms with Crippen LogP contribution in [0.1, 0.15) is 34.1 Å². The summed E-state index contributed by atoms with van der Waals surface area (Å²) in [5, 5.41) is 15.9. The molecule has 5 rings (SSSR count). The molecule has 0 saturated carbocycles. The van der Waals surface area contributed by atoms with Gasteiger partial charge >= 0.3 is 0 Å². The second kappa shape index (κ2) is 12.1. The summed E-state index contributed by atoms with van der Waals surface area (Å²) in [6.07, 6.45) is 0. The molecule has 0 unspecified atom stereocenters. The van der Waals surface area contributed by atoms with Gasteiger partial charge in [-0.25, -0.2) is 4.39 Å². The molecule has 4 aromatic rings. The number of nitrogens with one attached hydrogen (secondary N) is 2. The van der Waals surface area contributed by atoms with Crippen LogP contribution in [0.25, 0.3) is 10.9 Å². The average molecular weight is 544 g/mol. The number of amidine groups is 1. The van der Waals surface area contributed by atoms with Crippen LogP contribution in [-0.4, -0.2) is 56.5 Å². The number of nitrogens with zero attached hydrogens (tertiary/aromatic N) is 3. The van der Waals surface area contributed by atoms with Crippen molar-refractivity contribution in [1.29, 1.82) is 0 Å². The Morgan fingerprint density at radius 3 is 2.40 bits per heavy atom. The number of carbonyl (C=O) groups is 2. The fraction of sp³-hybridized carbons (Fsp3) is 0.258. The van der Waals surface area contributed by atoms with E-state index < -0.39 is 5.97 Å². The van der Waals surface area contributed by atoms with Crippen LogP contribution in [0, 0.1) is 5.82 Å². The van der Waals surface area contributed by atoms with Crippen LogP contribution in [0.3, 0.4) is 0 Å². The molecule has 2 N–H and O–H groups in total. The normalized spacial score (nSPS) is 12.8. The van der Waals surface area contributed by atoms with Crippen molar-refractivity contribution in [1.82, 2.24) is 19.7 Å². The molecule has 1 amide bonds. The van der Waals surface area contributed by atoms with Crippen LogP contribution in [0.2, 0.25) is 0 Å². The minimum atomic E-state index is -1.08. The molecule has 8 nitrogen and oxygen atoms in total. The molecule has 208 valence electrons. The highest BCUT2D eigenvalue weighted by molar-refractivity contribution is 6.00. The van der Waals surface area contributed by atoms with Gasteiger partial charge in [-0.05, 0) is 60.5 Å². The predicted molar refractivity (Wildman–Crippen MR) is 155 cm³/mol. The van der Waals surface area contributed by atoms with Gasteiger partial charge < -0.3 is 25.1 Å². The molecule has 2 heterocycles. The van der Waals surface area contributed by atoms with E-state index in [0.29, 0.717) is 24.2 Å². The molecule has 0 bridgehead atoms. The van der Waals surface area contributed by atoms with Crippen molar-refractivity contribution in [2.24, 2.45) is 4.99 Å². The fourth-order valence-corrected chi connectivity index (χ4v) is 4.52. The van der Waals surface area contributed by atoms with Gasteiger partial charge in [-0.3, -0.25) is 14.3 Å².